The van der Waals surface area contributed by atoms with E-state index in [1.165, 1.54) is 38.0 Å². The second kappa shape index (κ2) is 6.30. The Morgan fingerprint density at radius 1 is 1.31 bits per heavy atom. The van der Waals surface area contributed by atoms with Gasteiger partial charge in [-0.15, -0.1) is 0 Å². The van der Waals surface area contributed by atoms with Crippen molar-refractivity contribution < 1.29 is 0 Å². The highest BCUT2D eigenvalue weighted by atomic mass is 32.2. The molecule has 1 N–H and O–H groups in total. The normalized spacial score (nSPS) is 34.5. The van der Waals surface area contributed by atoms with Gasteiger partial charge in [-0.05, 0) is 62.7 Å². The second-order valence-corrected chi connectivity index (χ2v) is 6.69. The molecule has 2 fully saturated rings. The Morgan fingerprint density at radius 2 is 2.19 bits per heavy atom. The van der Waals surface area contributed by atoms with Crippen LogP contribution in [0.2, 0.25) is 0 Å². The van der Waals surface area contributed by atoms with Crippen LogP contribution in [0.5, 0.6) is 0 Å². The molecule has 0 amide bonds. The van der Waals surface area contributed by atoms with Gasteiger partial charge in [0.2, 0.25) is 0 Å². The first kappa shape index (κ1) is 12.8. The van der Waals surface area contributed by atoms with Crippen LogP contribution in [-0.2, 0) is 0 Å². The number of nitrogens with one attached hydrogen (secondary N) is 1. The molecule has 2 rings (SSSR count). The highest BCUT2D eigenvalue weighted by Crippen LogP contribution is 2.49. The van der Waals surface area contributed by atoms with Gasteiger partial charge in [0.05, 0.1) is 0 Å². The van der Waals surface area contributed by atoms with E-state index in [4.69, 9.17) is 0 Å². The minimum atomic E-state index is 0.777. The minimum absolute atomic E-state index is 0.777. The molecule has 2 bridgehead atoms. The average molecular weight is 241 g/mol. The van der Waals surface area contributed by atoms with Gasteiger partial charge in [-0.2, -0.15) is 11.8 Å². The maximum atomic E-state index is 3.74. The summed E-state index contributed by atoms with van der Waals surface area (Å²) in [6.07, 6.45) is 11.1. The van der Waals surface area contributed by atoms with Crippen LogP contribution in [-0.4, -0.2) is 24.6 Å². The maximum Gasteiger partial charge on any atom is 0.0160 e. The van der Waals surface area contributed by atoms with Crippen LogP contribution in [0.4, 0.5) is 0 Å². The summed E-state index contributed by atoms with van der Waals surface area (Å²) in [4.78, 5) is 0. The fraction of sp³-hybridized carbons (Fsp3) is 1.00. The van der Waals surface area contributed by atoms with Crippen molar-refractivity contribution in [2.24, 2.45) is 17.8 Å². The molecule has 2 heteroatoms. The standard InChI is InChI=1S/C14H27NS/c1-3-6-15-14(10-16-2)9-13-8-11-4-5-12(13)7-11/h11-15H,3-10H2,1-2H3. The zero-order chi connectivity index (χ0) is 11.4. The molecular formula is C14H27NS. The van der Waals surface area contributed by atoms with E-state index < -0.39 is 0 Å². The van der Waals surface area contributed by atoms with Crippen LogP contribution in [0.15, 0.2) is 0 Å². The number of thioether (sulfide) groups is 1. The third kappa shape index (κ3) is 3.16. The lowest BCUT2D eigenvalue weighted by Gasteiger charge is -2.27. The summed E-state index contributed by atoms with van der Waals surface area (Å²) in [5.74, 6) is 4.56. The summed E-state index contributed by atoms with van der Waals surface area (Å²) in [5.41, 5.74) is 0. The van der Waals surface area contributed by atoms with E-state index >= 15 is 0 Å². The molecule has 4 unspecified atom stereocenters. The number of fused-ring (bicyclic) bond motifs is 2. The van der Waals surface area contributed by atoms with E-state index in [9.17, 15) is 0 Å². The largest absolute Gasteiger partial charge is 0.313 e. The van der Waals surface area contributed by atoms with Gasteiger partial charge in [0, 0.05) is 11.8 Å². The predicted molar refractivity (Wildman–Crippen MR) is 74.0 cm³/mol. The van der Waals surface area contributed by atoms with Crippen molar-refractivity contribution in [3.05, 3.63) is 0 Å². The zero-order valence-electron chi connectivity index (χ0n) is 10.9. The number of hydrogen-bond donors (Lipinski definition) is 1. The van der Waals surface area contributed by atoms with E-state index in [2.05, 4.69) is 18.5 Å². The summed E-state index contributed by atoms with van der Waals surface area (Å²) in [5, 5.41) is 3.74. The van der Waals surface area contributed by atoms with Crippen molar-refractivity contribution in [3.8, 4) is 0 Å². The van der Waals surface area contributed by atoms with Crippen LogP contribution in [0.1, 0.15) is 45.4 Å². The number of hydrogen-bond acceptors (Lipinski definition) is 2. The molecule has 0 aliphatic heterocycles. The molecule has 0 aromatic carbocycles. The second-order valence-electron chi connectivity index (χ2n) is 5.78. The van der Waals surface area contributed by atoms with Gasteiger partial charge in [0.15, 0.2) is 0 Å². The Balaban J connectivity index is 1.76. The summed E-state index contributed by atoms with van der Waals surface area (Å²) >= 11 is 2.00. The highest BCUT2D eigenvalue weighted by molar-refractivity contribution is 7.98. The Hall–Kier alpha value is 0.310. The van der Waals surface area contributed by atoms with Gasteiger partial charge >= 0.3 is 0 Å². The van der Waals surface area contributed by atoms with Gasteiger partial charge < -0.3 is 5.32 Å². The molecule has 0 heterocycles. The van der Waals surface area contributed by atoms with Crippen LogP contribution < -0.4 is 5.32 Å². The zero-order valence-corrected chi connectivity index (χ0v) is 11.7. The SMILES string of the molecule is CCCNC(CSC)CC1CC2CCC1C2. The molecular weight excluding hydrogens is 214 g/mol. The summed E-state index contributed by atoms with van der Waals surface area (Å²) in [7, 11) is 0. The molecule has 4 atom stereocenters. The van der Waals surface area contributed by atoms with Crippen molar-refractivity contribution in [3.63, 3.8) is 0 Å². The molecule has 2 saturated carbocycles. The summed E-state index contributed by atoms with van der Waals surface area (Å²) < 4.78 is 0. The summed E-state index contributed by atoms with van der Waals surface area (Å²) in [6.45, 7) is 3.47. The molecule has 16 heavy (non-hydrogen) atoms. The molecule has 0 aromatic heterocycles. The van der Waals surface area contributed by atoms with Crippen molar-refractivity contribution >= 4 is 11.8 Å². The fourth-order valence-electron chi connectivity index (χ4n) is 3.79. The Kier molecular flexibility index (Phi) is 5.02. The van der Waals surface area contributed by atoms with E-state index in [-0.39, 0.29) is 0 Å². The van der Waals surface area contributed by atoms with Gasteiger partial charge in [-0.3, -0.25) is 0 Å². The quantitative estimate of drug-likeness (QED) is 0.731. The maximum absolute atomic E-state index is 3.74. The first-order chi connectivity index (χ1) is 7.83. The molecule has 2 aliphatic rings. The van der Waals surface area contributed by atoms with Crippen LogP contribution >= 0.6 is 11.8 Å². The van der Waals surface area contributed by atoms with Crippen molar-refractivity contribution in [2.75, 3.05) is 18.6 Å². The molecule has 0 aromatic rings. The topological polar surface area (TPSA) is 12.0 Å². The van der Waals surface area contributed by atoms with E-state index in [1.807, 2.05) is 11.8 Å². The average Bonchev–Trinajstić information content (AvgIpc) is 2.88. The predicted octanol–water partition coefficient (Wildman–Crippen LogP) is 3.54. The fourth-order valence-corrected chi connectivity index (χ4v) is 4.45. The monoisotopic (exact) mass is 241 g/mol. The van der Waals surface area contributed by atoms with Gasteiger partial charge in [0.25, 0.3) is 0 Å². The van der Waals surface area contributed by atoms with Crippen molar-refractivity contribution in [1.82, 2.24) is 5.32 Å². The van der Waals surface area contributed by atoms with Crippen LogP contribution in [0.3, 0.4) is 0 Å². The Labute approximate surface area is 105 Å². The Bertz CT molecular complexity index is 207. The molecule has 2 aliphatic carbocycles. The minimum Gasteiger partial charge on any atom is -0.313 e. The molecule has 1 nitrogen and oxygen atoms in total. The van der Waals surface area contributed by atoms with Crippen molar-refractivity contribution in [1.29, 1.82) is 0 Å². The third-order valence-electron chi connectivity index (χ3n) is 4.52. The lowest BCUT2D eigenvalue weighted by atomic mass is 9.84. The van der Waals surface area contributed by atoms with Gasteiger partial charge in [-0.25, -0.2) is 0 Å². The number of rotatable bonds is 7. The summed E-state index contributed by atoms with van der Waals surface area (Å²) in [6, 6.07) is 0.777. The Morgan fingerprint density at radius 3 is 2.75 bits per heavy atom. The van der Waals surface area contributed by atoms with Crippen LogP contribution in [0, 0.1) is 17.8 Å². The molecule has 0 spiro atoms. The smallest absolute Gasteiger partial charge is 0.0160 e. The highest BCUT2D eigenvalue weighted by Gasteiger charge is 2.39. The van der Waals surface area contributed by atoms with Gasteiger partial charge in [-0.1, -0.05) is 13.3 Å². The lowest BCUT2D eigenvalue weighted by Crippen LogP contribution is -2.35. The lowest BCUT2D eigenvalue weighted by molar-refractivity contribution is 0.286. The van der Waals surface area contributed by atoms with E-state index in [0.717, 1.165) is 23.8 Å². The molecule has 0 radical (unpaired) electrons. The van der Waals surface area contributed by atoms with E-state index in [1.54, 1.807) is 12.8 Å². The van der Waals surface area contributed by atoms with Gasteiger partial charge in [0.1, 0.15) is 0 Å². The van der Waals surface area contributed by atoms with E-state index in [0.29, 0.717) is 0 Å². The first-order valence-electron chi connectivity index (χ1n) is 7.05. The van der Waals surface area contributed by atoms with Crippen molar-refractivity contribution in [2.45, 2.75) is 51.5 Å². The van der Waals surface area contributed by atoms with Crippen LogP contribution in [0.25, 0.3) is 0 Å². The molecule has 94 valence electrons. The first-order valence-corrected chi connectivity index (χ1v) is 8.45. The third-order valence-corrected chi connectivity index (χ3v) is 5.26. The molecule has 0 saturated heterocycles.